The van der Waals surface area contributed by atoms with Crippen molar-refractivity contribution in [2.45, 2.75) is 6.92 Å². The monoisotopic (exact) mass is 505 g/mol. The van der Waals surface area contributed by atoms with E-state index in [1.807, 2.05) is 6.07 Å². The molecule has 9 heteroatoms. The minimum Gasteiger partial charge on any atom is -0.378 e. The van der Waals surface area contributed by atoms with E-state index < -0.39 is 0 Å². The first-order valence-electron chi connectivity index (χ1n) is 12.3. The van der Waals surface area contributed by atoms with Crippen molar-refractivity contribution in [1.82, 2.24) is 19.9 Å². The number of benzene rings is 2. The molecule has 2 aromatic carbocycles. The van der Waals surface area contributed by atoms with Crippen LogP contribution in [0.5, 0.6) is 0 Å². The lowest BCUT2D eigenvalue weighted by Gasteiger charge is -2.27. The van der Waals surface area contributed by atoms with Crippen molar-refractivity contribution in [3.63, 3.8) is 0 Å². The average Bonchev–Trinajstić information content (AvgIpc) is 3.24. The fourth-order valence-corrected chi connectivity index (χ4v) is 4.89. The molecule has 188 valence electrons. The molecule has 1 fully saturated rings. The summed E-state index contributed by atoms with van der Waals surface area (Å²) in [6.07, 6.45) is 6.44. The van der Waals surface area contributed by atoms with Crippen LogP contribution < -0.4 is 4.90 Å². The van der Waals surface area contributed by atoms with E-state index in [4.69, 9.17) is 9.72 Å². The Morgan fingerprint density at radius 1 is 1.00 bits per heavy atom. The molecule has 9 nitrogen and oxygen atoms in total. The Morgan fingerprint density at radius 2 is 1.82 bits per heavy atom. The molecule has 4 aromatic rings. The number of ketones is 1. The molecule has 0 atom stereocenters. The number of morpholine rings is 1. The number of aromatic nitrogens is 3. The van der Waals surface area contributed by atoms with Crippen LogP contribution in [0.25, 0.3) is 28.2 Å². The van der Waals surface area contributed by atoms with Crippen LogP contribution in [0, 0.1) is 0 Å². The third-order valence-corrected chi connectivity index (χ3v) is 6.68. The van der Waals surface area contributed by atoms with Crippen molar-refractivity contribution in [3.05, 3.63) is 89.6 Å². The summed E-state index contributed by atoms with van der Waals surface area (Å²) in [7, 11) is 0. The van der Waals surface area contributed by atoms with Gasteiger partial charge < -0.3 is 9.64 Å². The van der Waals surface area contributed by atoms with Crippen LogP contribution in [0.4, 0.5) is 5.69 Å². The van der Waals surface area contributed by atoms with Gasteiger partial charge in [-0.3, -0.25) is 29.3 Å². The van der Waals surface area contributed by atoms with Crippen molar-refractivity contribution in [2.75, 3.05) is 31.2 Å². The third kappa shape index (κ3) is 4.12. The molecule has 4 heterocycles. The second-order valence-electron chi connectivity index (χ2n) is 9.05. The molecular weight excluding hydrogens is 482 g/mol. The fraction of sp³-hybridized carbons (Fsp3) is 0.172. The highest BCUT2D eigenvalue weighted by molar-refractivity contribution is 6.26. The highest BCUT2D eigenvalue weighted by Crippen LogP contribution is 2.36. The zero-order chi connectivity index (χ0) is 26.2. The first-order valence-corrected chi connectivity index (χ1v) is 12.3. The van der Waals surface area contributed by atoms with Gasteiger partial charge in [-0.05, 0) is 42.5 Å². The highest BCUT2D eigenvalue weighted by Gasteiger charge is 2.34. The zero-order valence-corrected chi connectivity index (χ0v) is 20.6. The minimum atomic E-state index is -0.268. The number of carbonyl (C=O) groups excluding carboxylic acids is 3. The van der Waals surface area contributed by atoms with Gasteiger partial charge in [-0.15, -0.1) is 0 Å². The number of amides is 2. The molecule has 0 saturated carbocycles. The minimum absolute atomic E-state index is 0.0714. The number of Topliss-reactive ketones (excluding diaryl/α,β-unsaturated/α-hetero) is 1. The predicted octanol–water partition coefficient (Wildman–Crippen LogP) is 3.75. The van der Waals surface area contributed by atoms with Crippen LogP contribution in [0.15, 0.2) is 72.8 Å². The quantitative estimate of drug-likeness (QED) is 0.391. The maximum absolute atomic E-state index is 13.2. The van der Waals surface area contributed by atoms with Crippen LogP contribution >= 0.6 is 0 Å². The lowest BCUT2D eigenvalue weighted by molar-refractivity contribution is -0.116. The molecular formula is C29H23N5O4. The van der Waals surface area contributed by atoms with Crippen LogP contribution in [0.1, 0.15) is 33.3 Å². The van der Waals surface area contributed by atoms with Crippen molar-refractivity contribution >= 4 is 40.3 Å². The van der Waals surface area contributed by atoms with E-state index in [9.17, 15) is 14.4 Å². The van der Waals surface area contributed by atoms with Gasteiger partial charge in [-0.1, -0.05) is 12.1 Å². The van der Waals surface area contributed by atoms with E-state index in [-0.39, 0.29) is 23.3 Å². The van der Waals surface area contributed by atoms with Gasteiger partial charge >= 0.3 is 0 Å². The Labute approximate surface area is 218 Å². The Hall–Kier alpha value is -4.76. The summed E-state index contributed by atoms with van der Waals surface area (Å²) in [5.74, 6) is -0.584. The SMILES string of the molecule is CC(=O)N1/C(=C\c2cc(-c3cnccn3)c3cc(C(=O)N4CCOCC4)ccc3n2)C(=O)c2ccccc21. The second kappa shape index (κ2) is 9.60. The number of rotatable bonds is 3. The standard InChI is InChI=1S/C29H23N5O4/c1-18(35)34-26-5-3-2-4-21(26)28(36)27(34)16-20-15-23(25-17-30-8-9-31-25)22-14-19(6-7-24(22)32-20)29(37)33-10-12-38-13-11-33/h2-9,14-17H,10-13H2,1H3/b27-16-. The molecule has 2 amide bonds. The van der Waals surface area contributed by atoms with Gasteiger partial charge in [0.25, 0.3) is 5.91 Å². The first-order chi connectivity index (χ1) is 18.5. The van der Waals surface area contributed by atoms with Crippen LogP contribution in [-0.2, 0) is 9.53 Å². The summed E-state index contributed by atoms with van der Waals surface area (Å²) in [5, 5.41) is 0.733. The van der Waals surface area contributed by atoms with Crippen LogP contribution in [0.3, 0.4) is 0 Å². The van der Waals surface area contributed by atoms with Gasteiger partial charge in [0.15, 0.2) is 0 Å². The van der Waals surface area contributed by atoms with Crippen molar-refractivity contribution < 1.29 is 19.1 Å². The summed E-state index contributed by atoms with van der Waals surface area (Å²) >= 11 is 0. The van der Waals surface area contributed by atoms with Gasteiger partial charge in [0.1, 0.15) is 0 Å². The van der Waals surface area contributed by atoms with E-state index in [2.05, 4.69) is 9.97 Å². The average molecular weight is 506 g/mol. The van der Waals surface area contributed by atoms with E-state index in [0.29, 0.717) is 65.6 Å². The topological polar surface area (TPSA) is 106 Å². The number of anilines is 1. The molecule has 0 unspecified atom stereocenters. The first kappa shape index (κ1) is 23.6. The van der Waals surface area contributed by atoms with Gasteiger partial charge in [-0.2, -0.15) is 0 Å². The predicted molar refractivity (Wildman–Crippen MR) is 141 cm³/mol. The number of fused-ring (bicyclic) bond motifs is 2. The maximum Gasteiger partial charge on any atom is 0.254 e. The van der Waals surface area contributed by atoms with Gasteiger partial charge in [0.05, 0.1) is 47.7 Å². The molecule has 0 aliphatic carbocycles. The molecule has 2 aliphatic rings. The van der Waals surface area contributed by atoms with Gasteiger partial charge in [0, 0.05) is 54.5 Å². The summed E-state index contributed by atoms with van der Waals surface area (Å²) in [6, 6.07) is 14.2. The zero-order valence-electron chi connectivity index (χ0n) is 20.6. The molecule has 0 spiro atoms. The lowest BCUT2D eigenvalue weighted by Crippen LogP contribution is -2.40. The summed E-state index contributed by atoms with van der Waals surface area (Å²) < 4.78 is 5.38. The molecule has 38 heavy (non-hydrogen) atoms. The van der Waals surface area contributed by atoms with Crippen LogP contribution in [-0.4, -0.2) is 63.8 Å². The number of nitrogens with zero attached hydrogens (tertiary/aromatic N) is 5. The lowest BCUT2D eigenvalue weighted by atomic mass is 10.0. The van der Waals surface area contributed by atoms with Crippen molar-refractivity contribution in [3.8, 4) is 11.3 Å². The summed E-state index contributed by atoms with van der Waals surface area (Å²) in [4.78, 5) is 55.6. The number of ether oxygens (including phenoxy) is 1. The molecule has 2 aliphatic heterocycles. The van der Waals surface area contributed by atoms with E-state index in [1.165, 1.54) is 11.8 Å². The molecule has 0 N–H and O–H groups in total. The maximum atomic E-state index is 13.2. The van der Waals surface area contributed by atoms with Crippen molar-refractivity contribution in [2.24, 2.45) is 0 Å². The Balaban J connectivity index is 1.49. The Morgan fingerprint density at radius 3 is 2.58 bits per heavy atom. The number of hydrogen-bond acceptors (Lipinski definition) is 7. The second-order valence-corrected chi connectivity index (χ2v) is 9.05. The molecule has 0 bridgehead atoms. The van der Waals surface area contributed by atoms with Crippen LogP contribution in [0.2, 0.25) is 0 Å². The molecule has 0 radical (unpaired) electrons. The Kier molecular flexibility index (Phi) is 5.97. The van der Waals surface area contributed by atoms with Crippen molar-refractivity contribution in [1.29, 1.82) is 0 Å². The number of carbonyl (C=O) groups is 3. The van der Waals surface area contributed by atoms with E-state index >= 15 is 0 Å². The highest BCUT2D eigenvalue weighted by atomic mass is 16.5. The number of pyridine rings is 1. The number of hydrogen-bond donors (Lipinski definition) is 0. The largest absolute Gasteiger partial charge is 0.378 e. The fourth-order valence-electron chi connectivity index (χ4n) is 4.89. The Bertz CT molecular complexity index is 1630. The number of allylic oxidation sites excluding steroid dienone is 1. The van der Waals surface area contributed by atoms with Gasteiger partial charge in [-0.25, -0.2) is 4.98 Å². The van der Waals surface area contributed by atoms with E-state index in [0.717, 1.165) is 5.39 Å². The molecule has 6 rings (SSSR count). The van der Waals surface area contributed by atoms with E-state index in [1.54, 1.807) is 72.0 Å². The van der Waals surface area contributed by atoms with Gasteiger partial charge in [0.2, 0.25) is 11.7 Å². The number of para-hydroxylation sites is 1. The normalized spacial score (nSPS) is 16.2. The molecule has 2 aromatic heterocycles. The summed E-state index contributed by atoms with van der Waals surface area (Å²) in [5.41, 5.74) is 4.21. The smallest absolute Gasteiger partial charge is 0.254 e. The third-order valence-electron chi connectivity index (χ3n) is 6.68. The molecule has 1 saturated heterocycles. The summed E-state index contributed by atoms with van der Waals surface area (Å²) in [6.45, 7) is 3.55.